The fourth-order valence-electron chi connectivity index (χ4n) is 1.99. The molecule has 20 heavy (non-hydrogen) atoms. The van der Waals surface area contributed by atoms with Crippen LogP contribution in [0.25, 0.3) is 0 Å². The summed E-state index contributed by atoms with van der Waals surface area (Å²) in [7, 11) is 1.39. The number of methoxy groups -OCH3 is 1. The van der Waals surface area contributed by atoms with E-state index in [4.69, 9.17) is 10.6 Å². The van der Waals surface area contributed by atoms with Crippen LogP contribution in [0.1, 0.15) is 17.2 Å². The van der Waals surface area contributed by atoms with E-state index in [-0.39, 0.29) is 11.6 Å². The number of hydrogen-bond acceptors (Lipinski definition) is 3. The lowest BCUT2D eigenvalue weighted by molar-refractivity contribution is 0.381. The van der Waals surface area contributed by atoms with E-state index < -0.39 is 11.9 Å². The van der Waals surface area contributed by atoms with Crippen LogP contribution in [0.3, 0.4) is 0 Å². The summed E-state index contributed by atoms with van der Waals surface area (Å²) in [4.78, 5) is 0. The van der Waals surface area contributed by atoms with Crippen LogP contribution in [-0.4, -0.2) is 7.11 Å². The second-order valence-corrected chi connectivity index (χ2v) is 4.98. The van der Waals surface area contributed by atoms with Crippen LogP contribution < -0.4 is 16.0 Å². The first kappa shape index (κ1) is 14.9. The number of halogens is 3. The molecule has 0 aliphatic carbocycles. The van der Waals surface area contributed by atoms with Gasteiger partial charge >= 0.3 is 0 Å². The van der Waals surface area contributed by atoms with Gasteiger partial charge in [0, 0.05) is 10.0 Å². The Labute approximate surface area is 123 Å². The molecule has 0 saturated carbocycles. The predicted molar refractivity (Wildman–Crippen MR) is 76.2 cm³/mol. The number of hydrazine groups is 1. The second-order valence-electron chi connectivity index (χ2n) is 4.13. The summed E-state index contributed by atoms with van der Waals surface area (Å²) in [5.41, 5.74) is 3.48. The van der Waals surface area contributed by atoms with E-state index in [2.05, 4.69) is 21.4 Å². The molecule has 3 nitrogen and oxygen atoms in total. The maximum Gasteiger partial charge on any atom is 0.170 e. The lowest BCUT2D eigenvalue weighted by atomic mass is 9.98. The first-order valence-corrected chi connectivity index (χ1v) is 6.61. The molecule has 2 aromatic rings. The number of hydrogen-bond donors (Lipinski definition) is 2. The van der Waals surface area contributed by atoms with E-state index in [0.29, 0.717) is 15.6 Å². The topological polar surface area (TPSA) is 47.3 Å². The second kappa shape index (κ2) is 6.30. The zero-order valence-corrected chi connectivity index (χ0v) is 12.2. The van der Waals surface area contributed by atoms with Crippen molar-refractivity contribution >= 4 is 15.9 Å². The van der Waals surface area contributed by atoms with Crippen LogP contribution in [-0.2, 0) is 0 Å². The van der Waals surface area contributed by atoms with E-state index in [0.717, 1.165) is 0 Å². The SMILES string of the molecule is COc1cccc(C(NN)c2ccc(F)cc2Br)c1F. The number of ether oxygens (including phenoxy) is 1. The standard InChI is InChI=1S/C14H13BrF2N2O/c1-20-12-4-2-3-10(13(12)17)14(19-18)9-6-5-8(16)7-11(9)15/h2-7,14,19H,18H2,1H3. The normalized spacial score (nSPS) is 12.2. The zero-order chi connectivity index (χ0) is 14.7. The smallest absolute Gasteiger partial charge is 0.170 e. The van der Waals surface area contributed by atoms with Gasteiger partial charge in [-0.15, -0.1) is 0 Å². The minimum absolute atomic E-state index is 0.126. The van der Waals surface area contributed by atoms with E-state index in [1.807, 2.05) is 0 Å². The highest BCUT2D eigenvalue weighted by atomic mass is 79.9. The molecule has 1 atom stereocenters. The Morgan fingerprint density at radius 2 is 1.95 bits per heavy atom. The molecule has 2 aromatic carbocycles. The van der Waals surface area contributed by atoms with E-state index in [9.17, 15) is 8.78 Å². The molecule has 0 amide bonds. The number of rotatable bonds is 4. The van der Waals surface area contributed by atoms with Crippen LogP contribution in [0.15, 0.2) is 40.9 Å². The highest BCUT2D eigenvalue weighted by molar-refractivity contribution is 9.10. The van der Waals surface area contributed by atoms with Gasteiger partial charge in [0.15, 0.2) is 11.6 Å². The summed E-state index contributed by atoms with van der Waals surface area (Å²) >= 11 is 3.26. The number of nitrogens with one attached hydrogen (secondary N) is 1. The molecule has 0 aliphatic heterocycles. The Kier molecular flexibility index (Phi) is 4.69. The van der Waals surface area contributed by atoms with Crippen LogP contribution in [0.2, 0.25) is 0 Å². The Bertz CT molecular complexity index is 622. The lowest BCUT2D eigenvalue weighted by Crippen LogP contribution is -2.30. The van der Waals surface area contributed by atoms with Gasteiger partial charge in [-0.05, 0) is 23.8 Å². The molecular weight excluding hydrogens is 330 g/mol. The Morgan fingerprint density at radius 3 is 2.55 bits per heavy atom. The molecule has 0 saturated heterocycles. The third-order valence-electron chi connectivity index (χ3n) is 2.96. The highest BCUT2D eigenvalue weighted by Gasteiger charge is 2.21. The van der Waals surface area contributed by atoms with Crippen LogP contribution in [0.5, 0.6) is 5.75 Å². The largest absolute Gasteiger partial charge is 0.494 e. The summed E-state index contributed by atoms with van der Waals surface area (Å²) in [5, 5.41) is 0. The van der Waals surface area contributed by atoms with Crippen molar-refractivity contribution < 1.29 is 13.5 Å². The highest BCUT2D eigenvalue weighted by Crippen LogP contribution is 2.32. The van der Waals surface area contributed by atoms with Crippen molar-refractivity contribution in [1.29, 1.82) is 0 Å². The van der Waals surface area contributed by atoms with Gasteiger partial charge < -0.3 is 4.74 Å². The molecule has 106 valence electrons. The monoisotopic (exact) mass is 342 g/mol. The van der Waals surface area contributed by atoms with Crippen LogP contribution in [0.4, 0.5) is 8.78 Å². The van der Waals surface area contributed by atoms with Gasteiger partial charge in [-0.25, -0.2) is 14.2 Å². The molecule has 0 spiro atoms. The molecule has 2 rings (SSSR count). The minimum atomic E-state index is -0.625. The first-order chi connectivity index (χ1) is 9.58. The molecule has 0 heterocycles. The molecule has 0 fully saturated rings. The van der Waals surface area contributed by atoms with Gasteiger partial charge in [0.05, 0.1) is 13.2 Å². The minimum Gasteiger partial charge on any atom is -0.494 e. The van der Waals surface area contributed by atoms with Gasteiger partial charge in [0.25, 0.3) is 0 Å². The molecule has 0 radical (unpaired) electrons. The fourth-order valence-corrected chi connectivity index (χ4v) is 2.57. The first-order valence-electron chi connectivity index (χ1n) is 5.82. The van der Waals surface area contributed by atoms with Crippen molar-refractivity contribution in [2.24, 2.45) is 5.84 Å². The van der Waals surface area contributed by atoms with Crippen molar-refractivity contribution in [1.82, 2.24) is 5.43 Å². The summed E-state index contributed by atoms with van der Waals surface area (Å²) in [6.45, 7) is 0. The summed E-state index contributed by atoms with van der Waals surface area (Å²) < 4.78 is 32.9. The fraction of sp³-hybridized carbons (Fsp3) is 0.143. The molecule has 0 aliphatic rings. The summed E-state index contributed by atoms with van der Waals surface area (Å²) in [5.74, 6) is 4.77. The van der Waals surface area contributed by atoms with Crippen molar-refractivity contribution in [3.63, 3.8) is 0 Å². The van der Waals surface area contributed by atoms with E-state index >= 15 is 0 Å². The maximum atomic E-state index is 14.3. The predicted octanol–water partition coefficient (Wildman–Crippen LogP) is 3.29. The van der Waals surface area contributed by atoms with Crippen LogP contribution in [0, 0.1) is 11.6 Å². The number of nitrogens with two attached hydrogens (primary N) is 1. The number of benzene rings is 2. The van der Waals surface area contributed by atoms with Gasteiger partial charge in [0.2, 0.25) is 0 Å². The van der Waals surface area contributed by atoms with Crippen molar-refractivity contribution in [2.45, 2.75) is 6.04 Å². The molecule has 3 N–H and O–H groups in total. The van der Waals surface area contributed by atoms with Crippen molar-refractivity contribution in [2.75, 3.05) is 7.11 Å². The summed E-state index contributed by atoms with van der Waals surface area (Å²) in [6, 6.07) is 8.30. The van der Waals surface area contributed by atoms with E-state index in [1.165, 1.54) is 25.3 Å². The Morgan fingerprint density at radius 1 is 1.20 bits per heavy atom. The third-order valence-corrected chi connectivity index (χ3v) is 3.65. The Hall–Kier alpha value is -1.50. The summed E-state index contributed by atoms with van der Waals surface area (Å²) in [6.07, 6.45) is 0. The average molecular weight is 343 g/mol. The lowest BCUT2D eigenvalue weighted by Gasteiger charge is -2.20. The molecule has 1 unspecified atom stereocenters. The van der Waals surface area contributed by atoms with Crippen molar-refractivity contribution in [3.8, 4) is 5.75 Å². The van der Waals surface area contributed by atoms with Gasteiger partial charge in [-0.2, -0.15) is 0 Å². The van der Waals surface area contributed by atoms with Crippen LogP contribution >= 0.6 is 15.9 Å². The van der Waals surface area contributed by atoms with Crippen molar-refractivity contribution in [3.05, 3.63) is 63.6 Å². The molecular formula is C14H13BrF2N2O. The van der Waals surface area contributed by atoms with Gasteiger partial charge in [-0.3, -0.25) is 5.84 Å². The van der Waals surface area contributed by atoms with Gasteiger partial charge in [0.1, 0.15) is 5.82 Å². The average Bonchev–Trinajstić information content (AvgIpc) is 2.43. The molecule has 0 aromatic heterocycles. The molecule has 0 bridgehead atoms. The van der Waals surface area contributed by atoms with Gasteiger partial charge in [-0.1, -0.05) is 34.1 Å². The Balaban J connectivity index is 2.52. The maximum absolute atomic E-state index is 14.3. The van der Waals surface area contributed by atoms with E-state index in [1.54, 1.807) is 18.2 Å². The zero-order valence-electron chi connectivity index (χ0n) is 10.7. The third kappa shape index (κ3) is 2.82. The molecule has 6 heteroatoms. The quantitative estimate of drug-likeness (QED) is 0.662.